The molecule has 0 amide bonds. The van der Waals surface area contributed by atoms with Gasteiger partial charge >= 0.3 is 0 Å². The minimum absolute atomic E-state index is 0.0361. The molecule has 0 N–H and O–H groups in total. The number of rotatable bonds is 3. The fourth-order valence-electron chi connectivity index (χ4n) is 2.26. The van der Waals surface area contributed by atoms with Gasteiger partial charge in [-0.3, -0.25) is 10.1 Å². The summed E-state index contributed by atoms with van der Waals surface area (Å²) in [5, 5.41) is 11.7. The molecule has 0 bridgehead atoms. The molecule has 106 valence electrons. The Bertz CT molecular complexity index is 845. The van der Waals surface area contributed by atoms with Crippen molar-refractivity contribution in [1.29, 1.82) is 0 Å². The highest BCUT2D eigenvalue weighted by atomic mass is 79.9. The van der Waals surface area contributed by atoms with Gasteiger partial charge in [0, 0.05) is 29.3 Å². The van der Waals surface area contributed by atoms with E-state index in [4.69, 9.17) is 0 Å². The molecule has 21 heavy (non-hydrogen) atoms. The van der Waals surface area contributed by atoms with Crippen molar-refractivity contribution in [2.75, 3.05) is 0 Å². The minimum Gasteiger partial charge on any atom is -0.343 e. The van der Waals surface area contributed by atoms with Gasteiger partial charge in [0.1, 0.15) is 5.82 Å². The van der Waals surface area contributed by atoms with E-state index in [-0.39, 0.29) is 11.5 Å². The largest absolute Gasteiger partial charge is 0.343 e. The summed E-state index contributed by atoms with van der Waals surface area (Å²) >= 11 is 3.35. The van der Waals surface area contributed by atoms with Crippen molar-refractivity contribution >= 4 is 32.5 Å². The highest BCUT2D eigenvalue weighted by Crippen LogP contribution is 2.25. The van der Waals surface area contributed by atoms with Gasteiger partial charge in [-0.1, -0.05) is 15.9 Å². The first-order chi connectivity index (χ1) is 10.0. The maximum Gasteiger partial charge on any atom is 0.270 e. The van der Waals surface area contributed by atoms with Crippen LogP contribution in [0, 0.1) is 15.9 Å². The van der Waals surface area contributed by atoms with Gasteiger partial charge in [0.25, 0.3) is 5.69 Å². The highest BCUT2D eigenvalue weighted by Gasteiger charge is 2.10. The highest BCUT2D eigenvalue weighted by molar-refractivity contribution is 9.10. The molecule has 0 fully saturated rings. The van der Waals surface area contributed by atoms with Gasteiger partial charge in [0.15, 0.2) is 0 Å². The van der Waals surface area contributed by atoms with Crippen LogP contribution in [0.25, 0.3) is 10.9 Å². The van der Waals surface area contributed by atoms with E-state index < -0.39 is 4.92 Å². The number of fused-ring (bicyclic) bond motifs is 1. The van der Waals surface area contributed by atoms with Crippen LogP contribution in [0.15, 0.2) is 53.1 Å². The zero-order chi connectivity index (χ0) is 15.0. The first-order valence-corrected chi connectivity index (χ1v) is 7.01. The number of aromatic nitrogens is 1. The van der Waals surface area contributed by atoms with Gasteiger partial charge in [-0.25, -0.2) is 4.39 Å². The Hall–Kier alpha value is -2.21. The number of nitro groups is 1. The molecule has 0 spiro atoms. The lowest BCUT2D eigenvalue weighted by Gasteiger charge is -2.08. The molecule has 6 heteroatoms. The summed E-state index contributed by atoms with van der Waals surface area (Å²) in [5.41, 5.74) is 1.72. The van der Waals surface area contributed by atoms with Crippen molar-refractivity contribution in [2.24, 2.45) is 0 Å². The van der Waals surface area contributed by atoms with Gasteiger partial charge in [0.05, 0.1) is 10.4 Å². The molecule has 1 heterocycles. The van der Waals surface area contributed by atoms with Crippen LogP contribution in [0.3, 0.4) is 0 Å². The van der Waals surface area contributed by atoms with E-state index >= 15 is 0 Å². The predicted octanol–water partition coefficient (Wildman–Crippen LogP) is 4.50. The smallest absolute Gasteiger partial charge is 0.270 e. The van der Waals surface area contributed by atoms with E-state index in [1.807, 2.05) is 16.8 Å². The Balaban J connectivity index is 1.99. The van der Waals surface area contributed by atoms with Gasteiger partial charge in [0.2, 0.25) is 0 Å². The maximum atomic E-state index is 13.4. The molecular formula is C15H10BrFN2O2. The summed E-state index contributed by atoms with van der Waals surface area (Å²) in [7, 11) is 0. The van der Waals surface area contributed by atoms with Crippen molar-refractivity contribution in [3.63, 3.8) is 0 Å². The Morgan fingerprint density at radius 3 is 2.71 bits per heavy atom. The van der Waals surface area contributed by atoms with Gasteiger partial charge in [-0.2, -0.15) is 0 Å². The molecule has 0 saturated carbocycles. The molecule has 4 nitrogen and oxygen atoms in total. The van der Waals surface area contributed by atoms with Gasteiger partial charge in [-0.05, 0) is 41.3 Å². The lowest BCUT2D eigenvalue weighted by molar-refractivity contribution is -0.384. The first kappa shape index (κ1) is 13.8. The van der Waals surface area contributed by atoms with Crippen LogP contribution in [-0.2, 0) is 6.54 Å². The number of nitrogens with zero attached hydrogens (tertiary/aromatic N) is 2. The quantitative estimate of drug-likeness (QED) is 0.516. The van der Waals surface area contributed by atoms with Crippen LogP contribution in [0.5, 0.6) is 0 Å². The summed E-state index contributed by atoms with van der Waals surface area (Å²) in [6, 6.07) is 11.2. The zero-order valence-electron chi connectivity index (χ0n) is 10.8. The lowest BCUT2D eigenvalue weighted by atomic mass is 10.2. The fourth-order valence-corrected chi connectivity index (χ4v) is 2.75. The molecule has 0 aliphatic carbocycles. The van der Waals surface area contributed by atoms with E-state index in [2.05, 4.69) is 15.9 Å². The van der Waals surface area contributed by atoms with E-state index in [1.54, 1.807) is 12.1 Å². The van der Waals surface area contributed by atoms with E-state index in [9.17, 15) is 14.5 Å². The summed E-state index contributed by atoms with van der Waals surface area (Å²) < 4.78 is 15.9. The van der Waals surface area contributed by atoms with Crippen molar-refractivity contribution in [3.8, 4) is 0 Å². The minimum atomic E-state index is -0.436. The van der Waals surface area contributed by atoms with Crippen LogP contribution in [0.1, 0.15) is 5.56 Å². The number of hydrogen-bond acceptors (Lipinski definition) is 2. The summed E-state index contributed by atoms with van der Waals surface area (Å²) in [6.07, 6.45) is 1.87. The molecule has 0 saturated heterocycles. The van der Waals surface area contributed by atoms with Crippen molar-refractivity contribution in [1.82, 2.24) is 4.57 Å². The van der Waals surface area contributed by atoms with Gasteiger partial charge < -0.3 is 4.57 Å². The van der Waals surface area contributed by atoms with Crippen LogP contribution in [0.2, 0.25) is 0 Å². The van der Waals surface area contributed by atoms with Crippen LogP contribution < -0.4 is 0 Å². The molecule has 0 atom stereocenters. The van der Waals surface area contributed by atoms with E-state index in [0.29, 0.717) is 11.0 Å². The zero-order valence-corrected chi connectivity index (χ0v) is 12.4. The van der Waals surface area contributed by atoms with Gasteiger partial charge in [-0.15, -0.1) is 0 Å². The molecule has 0 aliphatic heterocycles. The standard InChI is InChI=1S/C15H10BrFN2O2/c16-14-8-13(19(20)21)4-2-11(14)9-18-6-5-10-1-3-12(17)7-15(10)18/h1-8H,9H2. The molecule has 2 aromatic carbocycles. The van der Waals surface area contributed by atoms with E-state index in [0.717, 1.165) is 16.5 Å². The maximum absolute atomic E-state index is 13.4. The Kier molecular flexibility index (Phi) is 3.47. The Morgan fingerprint density at radius 2 is 2.00 bits per heavy atom. The molecule has 0 radical (unpaired) electrons. The second kappa shape index (κ2) is 5.29. The normalized spacial score (nSPS) is 11.0. The fraction of sp³-hybridized carbons (Fsp3) is 0.0667. The Morgan fingerprint density at radius 1 is 1.19 bits per heavy atom. The molecule has 3 rings (SSSR count). The third kappa shape index (κ3) is 2.67. The number of halogens is 2. The average molecular weight is 349 g/mol. The lowest BCUT2D eigenvalue weighted by Crippen LogP contribution is -1.99. The van der Waals surface area contributed by atoms with Crippen LogP contribution in [-0.4, -0.2) is 9.49 Å². The Labute approximate surface area is 128 Å². The van der Waals surface area contributed by atoms with Crippen molar-refractivity contribution < 1.29 is 9.31 Å². The first-order valence-electron chi connectivity index (χ1n) is 6.22. The topological polar surface area (TPSA) is 48.1 Å². The SMILES string of the molecule is O=[N+]([O-])c1ccc(Cn2ccc3ccc(F)cc32)c(Br)c1. The molecule has 0 aliphatic rings. The summed E-state index contributed by atoms with van der Waals surface area (Å²) in [6.45, 7) is 0.505. The number of benzene rings is 2. The second-order valence-corrected chi connectivity index (χ2v) is 5.53. The number of hydrogen-bond donors (Lipinski definition) is 0. The molecule has 1 aromatic heterocycles. The van der Waals surface area contributed by atoms with E-state index in [1.165, 1.54) is 24.3 Å². The third-order valence-electron chi connectivity index (χ3n) is 3.32. The molecular weight excluding hydrogens is 339 g/mol. The van der Waals surface area contributed by atoms with Crippen LogP contribution >= 0.6 is 15.9 Å². The number of nitro benzene ring substituents is 1. The van der Waals surface area contributed by atoms with Crippen LogP contribution in [0.4, 0.5) is 10.1 Å². The molecule has 3 aromatic rings. The second-order valence-electron chi connectivity index (χ2n) is 4.68. The monoisotopic (exact) mass is 348 g/mol. The summed E-state index contributed by atoms with van der Waals surface area (Å²) in [5.74, 6) is -0.287. The average Bonchev–Trinajstić information content (AvgIpc) is 2.83. The van der Waals surface area contributed by atoms with Crippen molar-refractivity contribution in [3.05, 3.63) is 74.6 Å². The predicted molar refractivity (Wildman–Crippen MR) is 81.8 cm³/mol. The van der Waals surface area contributed by atoms with Crippen molar-refractivity contribution in [2.45, 2.75) is 6.54 Å². The summed E-state index contributed by atoms with van der Waals surface area (Å²) in [4.78, 5) is 10.3. The number of non-ortho nitro benzene ring substituents is 1. The third-order valence-corrected chi connectivity index (χ3v) is 4.06. The molecule has 0 unspecified atom stereocenters.